The Morgan fingerprint density at radius 1 is 1.16 bits per heavy atom. The lowest BCUT2D eigenvalue weighted by atomic mass is 9.97. The van der Waals surface area contributed by atoms with Gasteiger partial charge >= 0.3 is 0 Å². The van der Waals surface area contributed by atoms with Gasteiger partial charge in [-0.1, -0.05) is 19.1 Å². The van der Waals surface area contributed by atoms with Crippen molar-refractivity contribution >= 4 is 47.1 Å². The van der Waals surface area contributed by atoms with Crippen LogP contribution >= 0.6 is 35.3 Å². The highest BCUT2D eigenvalue weighted by Gasteiger charge is 2.25. The van der Waals surface area contributed by atoms with E-state index in [-0.39, 0.29) is 24.0 Å². The van der Waals surface area contributed by atoms with E-state index in [1.165, 1.54) is 49.2 Å². The summed E-state index contributed by atoms with van der Waals surface area (Å²) >= 11 is 1.85. The lowest BCUT2D eigenvalue weighted by molar-refractivity contribution is 0.140. The van der Waals surface area contributed by atoms with Gasteiger partial charge in [0.05, 0.1) is 6.04 Å². The Balaban J connectivity index is 0.00000289. The first-order valence-corrected chi connectivity index (χ1v) is 12.5. The second kappa shape index (κ2) is 12.7. The van der Waals surface area contributed by atoms with Crippen molar-refractivity contribution < 1.29 is 0 Å². The monoisotopic (exact) mass is 568 g/mol. The molecule has 2 N–H and O–H groups in total. The van der Waals surface area contributed by atoms with Crippen LogP contribution in [0, 0.1) is 5.92 Å². The summed E-state index contributed by atoms with van der Waals surface area (Å²) in [4.78, 5) is 15.5. The van der Waals surface area contributed by atoms with Gasteiger partial charge in [0.1, 0.15) is 5.82 Å². The molecule has 0 radical (unpaired) electrons. The smallest absolute Gasteiger partial charge is 0.191 e. The third kappa shape index (κ3) is 6.81. The number of aromatic nitrogens is 1. The van der Waals surface area contributed by atoms with Gasteiger partial charge in [-0.05, 0) is 67.8 Å². The van der Waals surface area contributed by atoms with E-state index >= 15 is 0 Å². The van der Waals surface area contributed by atoms with Crippen molar-refractivity contribution in [3.63, 3.8) is 0 Å². The van der Waals surface area contributed by atoms with Gasteiger partial charge in [-0.25, -0.2) is 4.98 Å². The molecule has 2 saturated heterocycles. The van der Waals surface area contributed by atoms with Gasteiger partial charge in [0.2, 0.25) is 0 Å². The highest BCUT2D eigenvalue weighted by molar-refractivity contribution is 14.0. The maximum absolute atomic E-state index is 4.66. The Morgan fingerprint density at radius 2 is 1.94 bits per heavy atom. The van der Waals surface area contributed by atoms with E-state index in [0.29, 0.717) is 6.04 Å². The number of aliphatic imine (C=N–C) groups is 1. The summed E-state index contributed by atoms with van der Waals surface area (Å²) in [7, 11) is 1.84. The summed E-state index contributed by atoms with van der Waals surface area (Å²) in [5.74, 6) is 2.78. The molecule has 0 aliphatic carbocycles. The fourth-order valence-electron chi connectivity index (χ4n) is 4.49. The van der Waals surface area contributed by atoms with Gasteiger partial charge < -0.3 is 15.5 Å². The van der Waals surface area contributed by atoms with Crippen LogP contribution in [0.4, 0.5) is 5.82 Å². The number of pyridine rings is 1. The minimum absolute atomic E-state index is 0. The van der Waals surface area contributed by atoms with E-state index in [1.54, 1.807) is 0 Å². The molecule has 176 valence electrons. The summed E-state index contributed by atoms with van der Waals surface area (Å²) in [6, 6.07) is 9.13. The number of guanidine groups is 1. The fraction of sp³-hybridized carbons (Fsp3) is 0.583. The average Bonchev–Trinajstić information content (AvgIpc) is 3.52. The summed E-state index contributed by atoms with van der Waals surface area (Å²) in [5.41, 5.74) is 1.17. The summed E-state index contributed by atoms with van der Waals surface area (Å²) in [6.45, 7) is 8.55. The molecule has 2 aliphatic heterocycles. The number of thiophene rings is 1. The zero-order chi connectivity index (χ0) is 21.5. The quantitative estimate of drug-likeness (QED) is 0.293. The number of rotatable bonds is 7. The molecule has 2 aromatic rings. The molecule has 0 spiro atoms. The van der Waals surface area contributed by atoms with Gasteiger partial charge in [0.15, 0.2) is 5.96 Å². The van der Waals surface area contributed by atoms with Crippen LogP contribution in [0.1, 0.15) is 49.1 Å². The van der Waals surface area contributed by atoms with Crippen molar-refractivity contribution in [2.45, 2.75) is 45.2 Å². The number of hydrogen-bond donors (Lipinski definition) is 2. The third-order valence-corrected chi connectivity index (χ3v) is 7.49. The van der Waals surface area contributed by atoms with Gasteiger partial charge in [0.25, 0.3) is 0 Å². The summed E-state index contributed by atoms with van der Waals surface area (Å²) in [6.07, 6.45) is 7.10. The molecule has 0 saturated carbocycles. The number of halogens is 1. The number of anilines is 1. The Bertz CT molecular complexity index is 812. The van der Waals surface area contributed by atoms with Crippen LogP contribution in [0.5, 0.6) is 0 Å². The highest BCUT2D eigenvalue weighted by Crippen LogP contribution is 2.29. The molecule has 0 amide bonds. The second-order valence-electron chi connectivity index (χ2n) is 8.78. The second-order valence-corrected chi connectivity index (χ2v) is 9.75. The third-order valence-electron chi connectivity index (χ3n) is 6.52. The molecule has 1 atom stereocenters. The van der Waals surface area contributed by atoms with E-state index in [1.807, 2.05) is 24.6 Å². The van der Waals surface area contributed by atoms with Crippen LogP contribution in [0.25, 0.3) is 0 Å². The molecule has 0 bridgehead atoms. The molecular formula is C24H37IN6S. The maximum atomic E-state index is 4.66. The van der Waals surface area contributed by atoms with Crippen LogP contribution in [-0.4, -0.2) is 55.6 Å². The van der Waals surface area contributed by atoms with Gasteiger partial charge in [0, 0.05) is 44.3 Å². The first-order valence-electron chi connectivity index (χ1n) is 11.6. The minimum atomic E-state index is 0. The Morgan fingerprint density at radius 3 is 2.56 bits per heavy atom. The average molecular weight is 569 g/mol. The zero-order valence-electron chi connectivity index (χ0n) is 19.3. The number of piperidine rings is 1. The van der Waals surface area contributed by atoms with Crippen LogP contribution in [-0.2, 0) is 6.54 Å². The van der Waals surface area contributed by atoms with Gasteiger partial charge in [-0.15, -0.1) is 35.3 Å². The van der Waals surface area contributed by atoms with Crippen LogP contribution in [0.15, 0.2) is 40.8 Å². The molecule has 0 aromatic carbocycles. The van der Waals surface area contributed by atoms with Gasteiger partial charge in [-0.2, -0.15) is 0 Å². The van der Waals surface area contributed by atoms with Gasteiger partial charge in [-0.3, -0.25) is 9.89 Å². The number of likely N-dealkylation sites (tertiary alicyclic amines) is 1. The van der Waals surface area contributed by atoms with Crippen molar-refractivity contribution in [2.24, 2.45) is 10.9 Å². The molecular weight excluding hydrogens is 531 g/mol. The van der Waals surface area contributed by atoms with Crippen LogP contribution in [0.3, 0.4) is 0 Å². The summed E-state index contributed by atoms with van der Waals surface area (Å²) in [5, 5.41) is 9.20. The van der Waals surface area contributed by atoms with E-state index in [9.17, 15) is 0 Å². The largest absolute Gasteiger partial charge is 0.357 e. The maximum Gasteiger partial charge on any atom is 0.191 e. The Hall–Kier alpha value is -1.39. The molecule has 2 fully saturated rings. The number of nitrogens with zero attached hydrogens (tertiary/aromatic N) is 4. The predicted octanol–water partition coefficient (Wildman–Crippen LogP) is 4.50. The molecule has 2 aromatic heterocycles. The minimum Gasteiger partial charge on any atom is -0.357 e. The number of nitrogens with one attached hydrogen (secondary N) is 2. The normalized spacial score (nSPS) is 18.9. The van der Waals surface area contributed by atoms with E-state index in [0.717, 1.165) is 43.9 Å². The SMILES string of the molecule is CN=C(NCc1ccc(N2CCCC2)nc1)NCC(c1cccs1)N1CCC(C)CC1.I. The van der Waals surface area contributed by atoms with Crippen molar-refractivity contribution in [1.29, 1.82) is 0 Å². The van der Waals surface area contributed by atoms with E-state index in [4.69, 9.17) is 0 Å². The standard InChI is InChI=1S/C24H36N6S.HI/c1-19-9-13-29(14-10-19)21(22-6-5-15-31-22)18-28-24(25-2)27-17-20-7-8-23(26-16-20)30-11-3-4-12-30;/h5-8,15-16,19,21H,3-4,9-14,17-18H2,1-2H3,(H2,25,27,28);1H. The molecule has 4 heterocycles. The van der Waals surface area contributed by atoms with Crippen molar-refractivity contribution in [1.82, 2.24) is 20.5 Å². The zero-order valence-corrected chi connectivity index (χ0v) is 22.4. The molecule has 2 aliphatic rings. The molecule has 32 heavy (non-hydrogen) atoms. The lowest BCUT2D eigenvalue weighted by Crippen LogP contribution is -2.44. The van der Waals surface area contributed by atoms with Crippen molar-refractivity contribution in [2.75, 3.05) is 44.7 Å². The number of hydrogen-bond acceptors (Lipinski definition) is 5. The molecule has 6 nitrogen and oxygen atoms in total. The summed E-state index contributed by atoms with van der Waals surface area (Å²) < 4.78 is 0. The topological polar surface area (TPSA) is 55.8 Å². The lowest BCUT2D eigenvalue weighted by Gasteiger charge is -2.36. The van der Waals surface area contributed by atoms with Crippen LogP contribution in [0.2, 0.25) is 0 Å². The van der Waals surface area contributed by atoms with Crippen molar-refractivity contribution in [3.05, 3.63) is 46.3 Å². The Labute approximate surface area is 213 Å². The van der Waals surface area contributed by atoms with Crippen molar-refractivity contribution in [3.8, 4) is 0 Å². The first-order chi connectivity index (χ1) is 15.2. The molecule has 4 rings (SSSR count). The van der Waals surface area contributed by atoms with E-state index in [2.05, 4.69) is 67.0 Å². The fourth-order valence-corrected chi connectivity index (χ4v) is 5.35. The van der Waals surface area contributed by atoms with E-state index < -0.39 is 0 Å². The molecule has 8 heteroatoms. The first kappa shape index (κ1) is 25.2. The predicted molar refractivity (Wildman–Crippen MR) is 146 cm³/mol. The van der Waals surface area contributed by atoms with Crippen LogP contribution < -0.4 is 15.5 Å². The molecule has 1 unspecified atom stereocenters. The highest BCUT2D eigenvalue weighted by atomic mass is 127. The Kier molecular flexibility index (Phi) is 10.1.